The molecule has 2 N–H and O–H groups in total. The lowest BCUT2D eigenvalue weighted by Gasteiger charge is -2.38. The Balaban J connectivity index is 1.83. The molecule has 0 saturated carbocycles. The Morgan fingerprint density at radius 3 is 2.37 bits per heavy atom. The highest BCUT2D eigenvalue weighted by atomic mass is 16.6. The van der Waals surface area contributed by atoms with E-state index in [2.05, 4.69) is 4.90 Å². The van der Waals surface area contributed by atoms with E-state index in [1.807, 2.05) is 6.07 Å². The molecule has 5 nitrogen and oxygen atoms in total. The molecule has 2 aliphatic rings. The second kappa shape index (κ2) is 4.81. The van der Waals surface area contributed by atoms with E-state index in [1.165, 1.54) is 25.1 Å². The van der Waals surface area contributed by atoms with Gasteiger partial charge in [-0.05, 0) is 62.4 Å². The number of nitrogens with zero attached hydrogens (tertiary/aromatic N) is 2. The van der Waals surface area contributed by atoms with Crippen LogP contribution in [0.5, 0.6) is 0 Å². The standard InChI is InChI=1S/C14H19N3O2/c15-13-8-10-2-4-12(16-6-1-7-16)5-3-11(10)9-14(13)17(18)19/h8-9,12H,1-7,15H2. The Morgan fingerprint density at radius 2 is 1.84 bits per heavy atom. The van der Waals surface area contributed by atoms with Crippen LogP contribution in [0.25, 0.3) is 0 Å². The van der Waals surface area contributed by atoms with Crippen LogP contribution in [0.1, 0.15) is 30.4 Å². The van der Waals surface area contributed by atoms with Crippen molar-refractivity contribution in [2.24, 2.45) is 0 Å². The van der Waals surface area contributed by atoms with Crippen LogP contribution in [-0.2, 0) is 12.8 Å². The normalized spacial score (nSPS) is 23.3. The fourth-order valence-electron chi connectivity index (χ4n) is 3.18. The van der Waals surface area contributed by atoms with E-state index in [0.29, 0.717) is 11.7 Å². The lowest BCUT2D eigenvalue weighted by Crippen LogP contribution is -2.45. The number of nitro groups is 1. The molecule has 0 amide bonds. The molecule has 3 rings (SSSR count). The Hall–Kier alpha value is -1.62. The van der Waals surface area contributed by atoms with Gasteiger partial charge in [0.25, 0.3) is 5.69 Å². The summed E-state index contributed by atoms with van der Waals surface area (Å²) >= 11 is 0. The summed E-state index contributed by atoms with van der Waals surface area (Å²) in [5.41, 5.74) is 8.45. The molecule has 1 fully saturated rings. The number of rotatable bonds is 2. The van der Waals surface area contributed by atoms with Crippen LogP contribution in [0.3, 0.4) is 0 Å². The summed E-state index contributed by atoms with van der Waals surface area (Å²) in [5, 5.41) is 10.9. The molecule has 1 aromatic carbocycles. The zero-order valence-corrected chi connectivity index (χ0v) is 11.0. The molecule has 102 valence electrons. The Labute approximate surface area is 112 Å². The summed E-state index contributed by atoms with van der Waals surface area (Å²) < 4.78 is 0. The second-order valence-corrected chi connectivity index (χ2v) is 5.56. The smallest absolute Gasteiger partial charge is 0.292 e. The summed E-state index contributed by atoms with van der Waals surface area (Å²) in [4.78, 5) is 13.1. The van der Waals surface area contributed by atoms with Crippen LogP contribution in [0, 0.1) is 10.1 Å². The lowest BCUT2D eigenvalue weighted by atomic mass is 10.0. The highest BCUT2D eigenvalue weighted by molar-refractivity contribution is 5.61. The monoisotopic (exact) mass is 261 g/mol. The zero-order valence-electron chi connectivity index (χ0n) is 11.0. The van der Waals surface area contributed by atoms with Crippen molar-refractivity contribution in [1.29, 1.82) is 0 Å². The fourth-order valence-corrected chi connectivity index (χ4v) is 3.18. The number of anilines is 1. The molecule has 0 radical (unpaired) electrons. The van der Waals surface area contributed by atoms with Gasteiger partial charge >= 0.3 is 0 Å². The van der Waals surface area contributed by atoms with Crippen molar-refractivity contribution in [3.63, 3.8) is 0 Å². The first-order chi connectivity index (χ1) is 9.15. The minimum absolute atomic E-state index is 0.0566. The van der Waals surface area contributed by atoms with E-state index in [9.17, 15) is 10.1 Å². The minimum atomic E-state index is -0.382. The van der Waals surface area contributed by atoms with Gasteiger partial charge < -0.3 is 10.6 Å². The van der Waals surface area contributed by atoms with E-state index < -0.39 is 0 Å². The van der Waals surface area contributed by atoms with Crippen LogP contribution in [-0.4, -0.2) is 29.0 Å². The molecule has 19 heavy (non-hydrogen) atoms. The van der Waals surface area contributed by atoms with Crippen LogP contribution >= 0.6 is 0 Å². The summed E-state index contributed by atoms with van der Waals surface area (Å²) in [5.74, 6) is 0. The number of aryl methyl sites for hydroxylation is 2. The highest BCUT2D eigenvalue weighted by Gasteiger charge is 2.27. The van der Waals surface area contributed by atoms with Gasteiger partial charge in [-0.25, -0.2) is 0 Å². The van der Waals surface area contributed by atoms with Gasteiger partial charge in [-0.3, -0.25) is 10.1 Å². The number of hydrogen-bond acceptors (Lipinski definition) is 4. The maximum atomic E-state index is 10.9. The molecule has 1 atom stereocenters. The lowest BCUT2D eigenvalue weighted by molar-refractivity contribution is -0.384. The van der Waals surface area contributed by atoms with Gasteiger partial charge in [0.2, 0.25) is 0 Å². The third kappa shape index (κ3) is 2.30. The molecular formula is C14H19N3O2. The van der Waals surface area contributed by atoms with E-state index in [1.54, 1.807) is 6.07 Å². The number of nitrogens with two attached hydrogens (primary N) is 1. The maximum absolute atomic E-state index is 10.9. The molecule has 5 heteroatoms. The molecule has 0 aromatic heterocycles. The molecule has 1 unspecified atom stereocenters. The predicted octanol–water partition coefficient (Wildman–Crippen LogP) is 2.13. The maximum Gasteiger partial charge on any atom is 0.292 e. The van der Waals surface area contributed by atoms with Gasteiger partial charge in [0, 0.05) is 12.1 Å². The molecule has 1 aliphatic heterocycles. The Kier molecular flexibility index (Phi) is 3.14. The summed E-state index contributed by atoms with van der Waals surface area (Å²) in [6, 6.07) is 4.14. The van der Waals surface area contributed by atoms with Gasteiger partial charge in [0.15, 0.2) is 0 Å². The van der Waals surface area contributed by atoms with Crippen molar-refractivity contribution >= 4 is 11.4 Å². The van der Waals surface area contributed by atoms with Gasteiger partial charge in [-0.1, -0.05) is 0 Å². The van der Waals surface area contributed by atoms with E-state index in [-0.39, 0.29) is 10.6 Å². The number of nitrogen functional groups attached to an aromatic ring is 1. The topological polar surface area (TPSA) is 72.4 Å². The van der Waals surface area contributed by atoms with Gasteiger partial charge in [0.05, 0.1) is 4.92 Å². The third-order valence-corrected chi connectivity index (χ3v) is 4.45. The zero-order chi connectivity index (χ0) is 13.4. The summed E-state index contributed by atoms with van der Waals surface area (Å²) in [7, 11) is 0. The molecule has 1 aromatic rings. The van der Waals surface area contributed by atoms with Crippen molar-refractivity contribution in [3.05, 3.63) is 33.4 Å². The second-order valence-electron chi connectivity index (χ2n) is 5.56. The van der Waals surface area contributed by atoms with E-state index in [0.717, 1.165) is 31.2 Å². The SMILES string of the molecule is Nc1cc2c(cc1[N+](=O)[O-])CCC(N1CCC1)CC2. The summed E-state index contributed by atoms with van der Waals surface area (Å²) in [6.07, 6.45) is 5.47. The van der Waals surface area contributed by atoms with Gasteiger partial charge in [-0.2, -0.15) is 0 Å². The number of nitro benzene ring substituents is 1. The number of benzene rings is 1. The van der Waals surface area contributed by atoms with Crippen molar-refractivity contribution < 1.29 is 4.92 Å². The van der Waals surface area contributed by atoms with Gasteiger partial charge in [0.1, 0.15) is 5.69 Å². The third-order valence-electron chi connectivity index (χ3n) is 4.45. The molecule has 1 saturated heterocycles. The minimum Gasteiger partial charge on any atom is -0.393 e. The van der Waals surface area contributed by atoms with Gasteiger partial charge in [-0.15, -0.1) is 0 Å². The van der Waals surface area contributed by atoms with Crippen molar-refractivity contribution in [3.8, 4) is 0 Å². The van der Waals surface area contributed by atoms with Crippen LogP contribution < -0.4 is 5.73 Å². The van der Waals surface area contributed by atoms with E-state index >= 15 is 0 Å². The number of likely N-dealkylation sites (tertiary alicyclic amines) is 1. The summed E-state index contributed by atoms with van der Waals surface area (Å²) in [6.45, 7) is 2.42. The van der Waals surface area contributed by atoms with Crippen LogP contribution in [0.2, 0.25) is 0 Å². The molecule has 0 spiro atoms. The first-order valence-electron chi connectivity index (χ1n) is 6.95. The predicted molar refractivity (Wildman–Crippen MR) is 74.1 cm³/mol. The van der Waals surface area contributed by atoms with Crippen molar-refractivity contribution in [2.75, 3.05) is 18.8 Å². The average molecular weight is 261 g/mol. The molecular weight excluding hydrogens is 242 g/mol. The highest BCUT2D eigenvalue weighted by Crippen LogP contribution is 2.32. The first-order valence-corrected chi connectivity index (χ1v) is 6.95. The van der Waals surface area contributed by atoms with Crippen molar-refractivity contribution in [1.82, 2.24) is 4.90 Å². The quantitative estimate of drug-likeness (QED) is 0.383. The van der Waals surface area contributed by atoms with Crippen LogP contribution in [0.4, 0.5) is 11.4 Å². The van der Waals surface area contributed by atoms with Crippen LogP contribution in [0.15, 0.2) is 12.1 Å². The fraction of sp³-hybridized carbons (Fsp3) is 0.571. The Bertz CT molecular complexity index is 512. The molecule has 0 bridgehead atoms. The first kappa shape index (κ1) is 12.4. The number of hydrogen-bond donors (Lipinski definition) is 1. The largest absolute Gasteiger partial charge is 0.393 e. The van der Waals surface area contributed by atoms with Crippen molar-refractivity contribution in [2.45, 2.75) is 38.1 Å². The molecule has 1 heterocycles. The average Bonchev–Trinajstić information content (AvgIpc) is 2.49. The number of fused-ring (bicyclic) bond motifs is 1. The molecule has 1 aliphatic carbocycles. The van der Waals surface area contributed by atoms with E-state index in [4.69, 9.17) is 5.73 Å². The Morgan fingerprint density at radius 1 is 1.21 bits per heavy atom.